The topological polar surface area (TPSA) is 12.0 Å². The molecule has 0 bridgehead atoms. The Kier molecular flexibility index (Phi) is 3.42. The lowest BCUT2D eigenvalue weighted by Gasteiger charge is -2.30. The van der Waals surface area contributed by atoms with E-state index in [4.69, 9.17) is 0 Å². The average Bonchev–Trinajstić information content (AvgIpc) is 2.25. The molecule has 88 valence electrons. The lowest BCUT2D eigenvalue weighted by atomic mass is 9.86. The first-order valence-electron chi connectivity index (χ1n) is 5.88. The third-order valence-corrected chi connectivity index (χ3v) is 3.38. The van der Waals surface area contributed by atoms with E-state index in [9.17, 15) is 8.78 Å². The minimum Gasteiger partial charge on any atom is -0.380 e. The molecule has 1 saturated carbocycles. The Balaban J connectivity index is 2.07. The SMILES string of the molecule is CC1CCCCC1Nc1ccc(F)cc1F. The maximum atomic E-state index is 13.4. The first-order chi connectivity index (χ1) is 7.66. The molecule has 0 amide bonds. The molecule has 1 nitrogen and oxygen atoms in total. The van der Waals surface area contributed by atoms with Crippen molar-refractivity contribution in [3.8, 4) is 0 Å². The van der Waals surface area contributed by atoms with E-state index >= 15 is 0 Å². The molecule has 3 heteroatoms. The quantitative estimate of drug-likeness (QED) is 0.803. The first kappa shape index (κ1) is 11.4. The van der Waals surface area contributed by atoms with Gasteiger partial charge < -0.3 is 5.32 Å². The first-order valence-corrected chi connectivity index (χ1v) is 5.88. The van der Waals surface area contributed by atoms with Crippen molar-refractivity contribution < 1.29 is 8.78 Å². The average molecular weight is 225 g/mol. The van der Waals surface area contributed by atoms with Gasteiger partial charge in [-0.05, 0) is 30.9 Å². The van der Waals surface area contributed by atoms with E-state index in [1.165, 1.54) is 31.4 Å². The van der Waals surface area contributed by atoms with Crippen molar-refractivity contribution in [1.29, 1.82) is 0 Å². The summed E-state index contributed by atoms with van der Waals surface area (Å²) in [4.78, 5) is 0. The van der Waals surface area contributed by atoms with Gasteiger partial charge in [-0.25, -0.2) is 8.78 Å². The van der Waals surface area contributed by atoms with Gasteiger partial charge in [0, 0.05) is 12.1 Å². The van der Waals surface area contributed by atoms with Gasteiger partial charge in [0.1, 0.15) is 11.6 Å². The molecule has 0 saturated heterocycles. The van der Waals surface area contributed by atoms with Gasteiger partial charge >= 0.3 is 0 Å². The van der Waals surface area contributed by atoms with Gasteiger partial charge in [0.25, 0.3) is 0 Å². The molecule has 0 aromatic heterocycles. The van der Waals surface area contributed by atoms with Crippen LogP contribution in [-0.4, -0.2) is 6.04 Å². The molecule has 0 aliphatic heterocycles. The summed E-state index contributed by atoms with van der Waals surface area (Å²) in [5.41, 5.74) is 0.417. The molecule has 0 radical (unpaired) electrons. The van der Waals surface area contributed by atoms with Crippen LogP contribution in [0.3, 0.4) is 0 Å². The second kappa shape index (κ2) is 4.81. The molecule has 2 unspecified atom stereocenters. The van der Waals surface area contributed by atoms with Gasteiger partial charge in [0.05, 0.1) is 5.69 Å². The van der Waals surface area contributed by atoms with E-state index in [0.717, 1.165) is 12.5 Å². The summed E-state index contributed by atoms with van der Waals surface area (Å²) in [7, 11) is 0. The highest BCUT2D eigenvalue weighted by Gasteiger charge is 2.21. The molecular weight excluding hydrogens is 208 g/mol. The zero-order valence-electron chi connectivity index (χ0n) is 9.47. The molecule has 1 aliphatic carbocycles. The van der Waals surface area contributed by atoms with Crippen LogP contribution in [0.15, 0.2) is 18.2 Å². The van der Waals surface area contributed by atoms with E-state index in [1.807, 2.05) is 0 Å². The lowest BCUT2D eigenvalue weighted by Crippen LogP contribution is -2.30. The van der Waals surface area contributed by atoms with Crippen LogP contribution in [0, 0.1) is 17.6 Å². The van der Waals surface area contributed by atoms with E-state index < -0.39 is 11.6 Å². The monoisotopic (exact) mass is 225 g/mol. The summed E-state index contributed by atoms with van der Waals surface area (Å²) in [6.07, 6.45) is 4.69. The Labute approximate surface area is 94.9 Å². The zero-order chi connectivity index (χ0) is 11.5. The molecule has 2 atom stereocenters. The van der Waals surface area contributed by atoms with Crippen molar-refractivity contribution >= 4 is 5.69 Å². The molecule has 1 N–H and O–H groups in total. The molecule has 2 rings (SSSR count). The Morgan fingerprint density at radius 1 is 1.19 bits per heavy atom. The summed E-state index contributed by atoms with van der Waals surface area (Å²) in [5, 5.41) is 3.18. The predicted molar refractivity (Wildman–Crippen MR) is 61.4 cm³/mol. The predicted octanol–water partition coefficient (Wildman–Crippen LogP) is 3.96. The van der Waals surface area contributed by atoms with Crippen LogP contribution in [0.2, 0.25) is 0 Å². The highest BCUT2D eigenvalue weighted by molar-refractivity contribution is 5.45. The van der Waals surface area contributed by atoms with E-state index in [0.29, 0.717) is 17.6 Å². The largest absolute Gasteiger partial charge is 0.380 e. The molecule has 1 fully saturated rings. The fraction of sp³-hybridized carbons (Fsp3) is 0.538. The van der Waals surface area contributed by atoms with Crippen molar-refractivity contribution in [1.82, 2.24) is 0 Å². The second-order valence-corrected chi connectivity index (χ2v) is 4.64. The van der Waals surface area contributed by atoms with E-state index in [1.54, 1.807) is 0 Å². The third-order valence-electron chi connectivity index (χ3n) is 3.38. The van der Waals surface area contributed by atoms with Crippen LogP contribution in [0.5, 0.6) is 0 Å². The van der Waals surface area contributed by atoms with Gasteiger partial charge in [-0.2, -0.15) is 0 Å². The van der Waals surface area contributed by atoms with Crippen molar-refractivity contribution in [2.45, 2.75) is 38.6 Å². The van der Waals surface area contributed by atoms with Gasteiger partial charge in [0.15, 0.2) is 0 Å². The molecular formula is C13H17F2N. The smallest absolute Gasteiger partial charge is 0.149 e. The summed E-state index contributed by atoms with van der Waals surface area (Å²) in [6, 6.07) is 4.01. The van der Waals surface area contributed by atoms with Crippen molar-refractivity contribution in [3.05, 3.63) is 29.8 Å². The fourth-order valence-electron chi connectivity index (χ4n) is 2.34. The van der Waals surface area contributed by atoms with Crippen LogP contribution in [-0.2, 0) is 0 Å². The van der Waals surface area contributed by atoms with Gasteiger partial charge in [-0.1, -0.05) is 19.8 Å². The zero-order valence-corrected chi connectivity index (χ0v) is 9.47. The molecule has 0 heterocycles. The van der Waals surface area contributed by atoms with Crippen LogP contribution < -0.4 is 5.32 Å². The number of hydrogen-bond acceptors (Lipinski definition) is 1. The third kappa shape index (κ3) is 2.52. The van der Waals surface area contributed by atoms with Gasteiger partial charge in [0.2, 0.25) is 0 Å². The Bertz CT molecular complexity index is 365. The van der Waals surface area contributed by atoms with Crippen molar-refractivity contribution in [2.75, 3.05) is 5.32 Å². The summed E-state index contributed by atoms with van der Waals surface area (Å²) >= 11 is 0. The van der Waals surface area contributed by atoms with Crippen LogP contribution in [0.1, 0.15) is 32.6 Å². The number of halogens is 2. The fourth-order valence-corrected chi connectivity index (χ4v) is 2.34. The summed E-state index contributed by atoms with van der Waals surface area (Å²) in [5.74, 6) is -0.476. The van der Waals surface area contributed by atoms with E-state index in [-0.39, 0.29) is 0 Å². The van der Waals surface area contributed by atoms with Crippen molar-refractivity contribution in [3.63, 3.8) is 0 Å². The molecule has 1 aromatic rings. The summed E-state index contributed by atoms with van der Waals surface area (Å²) in [6.45, 7) is 2.18. The number of hydrogen-bond donors (Lipinski definition) is 1. The standard InChI is InChI=1S/C13H17F2N/c1-9-4-2-3-5-12(9)16-13-7-6-10(14)8-11(13)15/h6-9,12,16H,2-5H2,1H3. The highest BCUT2D eigenvalue weighted by atomic mass is 19.1. The number of benzene rings is 1. The molecule has 1 aliphatic rings. The highest BCUT2D eigenvalue weighted by Crippen LogP contribution is 2.27. The molecule has 0 spiro atoms. The summed E-state index contributed by atoms with van der Waals surface area (Å²) < 4.78 is 26.2. The maximum absolute atomic E-state index is 13.4. The Morgan fingerprint density at radius 2 is 1.94 bits per heavy atom. The van der Waals surface area contributed by atoms with E-state index in [2.05, 4.69) is 12.2 Å². The van der Waals surface area contributed by atoms with Crippen LogP contribution in [0.25, 0.3) is 0 Å². The van der Waals surface area contributed by atoms with Crippen molar-refractivity contribution in [2.24, 2.45) is 5.92 Å². The Morgan fingerprint density at radius 3 is 2.62 bits per heavy atom. The number of rotatable bonds is 2. The minimum atomic E-state index is -0.528. The molecule has 16 heavy (non-hydrogen) atoms. The normalized spacial score (nSPS) is 25.4. The Hall–Kier alpha value is -1.12. The molecule has 1 aromatic carbocycles. The van der Waals surface area contributed by atoms with Crippen LogP contribution >= 0.6 is 0 Å². The minimum absolute atomic E-state index is 0.314. The van der Waals surface area contributed by atoms with Gasteiger partial charge in [-0.3, -0.25) is 0 Å². The van der Waals surface area contributed by atoms with Gasteiger partial charge in [-0.15, -0.1) is 0 Å². The lowest BCUT2D eigenvalue weighted by molar-refractivity contribution is 0.348. The second-order valence-electron chi connectivity index (χ2n) is 4.64. The van der Waals surface area contributed by atoms with Crippen LogP contribution in [0.4, 0.5) is 14.5 Å². The number of anilines is 1. The number of nitrogens with one attached hydrogen (secondary N) is 1. The maximum Gasteiger partial charge on any atom is 0.149 e.